The molecule has 0 fully saturated rings. The molecule has 0 bridgehead atoms. The molecular weight excluding hydrogens is 372 g/mol. The number of carbonyl (C=O) groups is 3. The molecule has 1 aliphatic rings. The number of aromatic nitrogens is 1. The number of anilines is 1. The first-order chi connectivity index (χ1) is 12.7. The third-order valence-electron chi connectivity index (χ3n) is 4.30. The topological polar surface area (TPSA) is 114 Å². The summed E-state index contributed by atoms with van der Waals surface area (Å²) in [6.07, 6.45) is 3.05. The van der Waals surface area contributed by atoms with Gasteiger partial charge < -0.3 is 9.72 Å². The lowest BCUT2D eigenvalue weighted by Gasteiger charge is -2.16. The molecule has 0 amide bonds. The van der Waals surface area contributed by atoms with E-state index < -0.39 is 28.4 Å². The molecule has 27 heavy (non-hydrogen) atoms. The number of esters is 1. The minimum atomic E-state index is -3.35. The Balaban J connectivity index is 1.67. The molecule has 3 rings (SSSR count). The predicted molar refractivity (Wildman–Crippen MR) is 97.7 cm³/mol. The first kappa shape index (κ1) is 18.8. The van der Waals surface area contributed by atoms with E-state index in [1.807, 2.05) is 0 Å². The van der Waals surface area contributed by atoms with Gasteiger partial charge in [0.2, 0.25) is 10.0 Å². The fourth-order valence-electron chi connectivity index (χ4n) is 2.90. The van der Waals surface area contributed by atoms with Gasteiger partial charge in [-0.15, -0.1) is 0 Å². The predicted octanol–water partition coefficient (Wildman–Crippen LogP) is 1.58. The maximum atomic E-state index is 12.3. The van der Waals surface area contributed by atoms with Gasteiger partial charge in [-0.05, 0) is 43.2 Å². The number of Topliss-reactive ketones (excluding diaryl/α,β-unsaturated/α-hetero) is 2. The Morgan fingerprint density at radius 2 is 1.93 bits per heavy atom. The number of ketones is 2. The summed E-state index contributed by atoms with van der Waals surface area (Å²) in [5.41, 5.74) is 2.10. The van der Waals surface area contributed by atoms with Gasteiger partial charge in [-0.3, -0.25) is 13.9 Å². The Morgan fingerprint density at radius 1 is 1.19 bits per heavy atom. The van der Waals surface area contributed by atoms with Gasteiger partial charge in [-0.2, -0.15) is 0 Å². The van der Waals surface area contributed by atoms with Crippen molar-refractivity contribution in [2.45, 2.75) is 13.3 Å². The molecule has 1 aliphatic heterocycles. The summed E-state index contributed by atoms with van der Waals surface area (Å²) in [4.78, 5) is 38.1. The summed E-state index contributed by atoms with van der Waals surface area (Å²) in [5.74, 6) is -1.33. The van der Waals surface area contributed by atoms with Crippen LogP contribution in [0.5, 0.6) is 0 Å². The minimum absolute atomic E-state index is 0.0887. The molecule has 0 saturated heterocycles. The highest BCUT2D eigenvalue weighted by molar-refractivity contribution is 7.92. The van der Waals surface area contributed by atoms with E-state index in [1.54, 1.807) is 12.1 Å². The number of hydrogen-bond acceptors (Lipinski definition) is 6. The van der Waals surface area contributed by atoms with E-state index in [1.165, 1.54) is 29.6 Å². The van der Waals surface area contributed by atoms with Crippen LogP contribution < -0.4 is 4.31 Å². The van der Waals surface area contributed by atoms with Crippen LogP contribution >= 0.6 is 0 Å². The second-order valence-electron chi connectivity index (χ2n) is 6.29. The van der Waals surface area contributed by atoms with Crippen molar-refractivity contribution in [3.8, 4) is 0 Å². The molecule has 2 heterocycles. The molecule has 1 aromatic carbocycles. The lowest BCUT2D eigenvalue weighted by molar-refractivity contribution is 0.0469. The van der Waals surface area contributed by atoms with Crippen molar-refractivity contribution in [1.29, 1.82) is 0 Å². The monoisotopic (exact) mass is 390 g/mol. The lowest BCUT2D eigenvalue weighted by Crippen LogP contribution is -2.27. The molecule has 142 valence electrons. The summed E-state index contributed by atoms with van der Waals surface area (Å²) >= 11 is 0. The molecular formula is C18H18N2O6S. The van der Waals surface area contributed by atoms with Crippen molar-refractivity contribution in [3.05, 3.63) is 52.8 Å². The van der Waals surface area contributed by atoms with E-state index in [2.05, 4.69) is 4.98 Å². The number of ether oxygens (including phenoxy) is 1. The third-order valence-corrected chi connectivity index (χ3v) is 5.48. The number of benzene rings is 1. The first-order valence-electron chi connectivity index (χ1n) is 8.17. The van der Waals surface area contributed by atoms with E-state index in [0.29, 0.717) is 29.8 Å². The van der Waals surface area contributed by atoms with Crippen molar-refractivity contribution in [3.63, 3.8) is 0 Å². The first-order valence-corrected chi connectivity index (χ1v) is 10.0. The molecule has 1 aromatic heterocycles. The van der Waals surface area contributed by atoms with Crippen molar-refractivity contribution >= 4 is 33.2 Å². The fraction of sp³-hybridized carbons (Fsp3) is 0.278. The maximum Gasteiger partial charge on any atom is 0.355 e. The van der Waals surface area contributed by atoms with Gasteiger partial charge in [-0.1, -0.05) is 0 Å². The van der Waals surface area contributed by atoms with Crippen LogP contribution in [0, 0.1) is 0 Å². The highest BCUT2D eigenvalue weighted by Gasteiger charge is 2.27. The zero-order valence-electron chi connectivity index (χ0n) is 14.8. The van der Waals surface area contributed by atoms with Crippen molar-refractivity contribution in [2.75, 3.05) is 23.7 Å². The van der Waals surface area contributed by atoms with E-state index in [0.717, 1.165) is 11.8 Å². The van der Waals surface area contributed by atoms with Crippen molar-refractivity contribution in [2.24, 2.45) is 0 Å². The van der Waals surface area contributed by atoms with E-state index in [-0.39, 0.29) is 11.5 Å². The number of nitrogens with one attached hydrogen (secondary N) is 1. The van der Waals surface area contributed by atoms with E-state index in [4.69, 9.17) is 4.74 Å². The van der Waals surface area contributed by atoms with Crippen LogP contribution in [0.3, 0.4) is 0 Å². The Hall–Kier alpha value is -2.94. The molecule has 0 saturated carbocycles. The van der Waals surface area contributed by atoms with Gasteiger partial charge in [0.05, 0.1) is 11.9 Å². The molecule has 2 aromatic rings. The average molecular weight is 390 g/mol. The summed E-state index contributed by atoms with van der Waals surface area (Å²) < 4.78 is 29.8. The molecule has 0 unspecified atom stereocenters. The number of rotatable bonds is 6. The largest absolute Gasteiger partial charge is 0.453 e. The number of carbonyl (C=O) groups excluding carboxylic acids is 3. The highest BCUT2D eigenvalue weighted by atomic mass is 32.2. The molecule has 0 spiro atoms. The lowest BCUT2D eigenvalue weighted by atomic mass is 10.1. The molecule has 8 nitrogen and oxygen atoms in total. The standard InChI is InChI=1S/C18H18N2O6S/c1-11(21)14-8-15(19-9-14)18(23)26-10-17(22)13-3-4-16-12(7-13)5-6-20(16)27(2,24)25/h3-4,7-9,19H,5-6,10H2,1-2H3. The summed E-state index contributed by atoms with van der Waals surface area (Å²) in [7, 11) is -3.35. The molecule has 0 radical (unpaired) electrons. The number of H-pyrrole nitrogens is 1. The van der Waals surface area contributed by atoms with Gasteiger partial charge in [0.1, 0.15) is 5.69 Å². The van der Waals surface area contributed by atoms with Gasteiger partial charge in [0.25, 0.3) is 0 Å². The molecule has 1 N–H and O–H groups in total. The Morgan fingerprint density at radius 3 is 2.56 bits per heavy atom. The van der Waals surface area contributed by atoms with Gasteiger partial charge in [-0.25, -0.2) is 13.2 Å². The minimum Gasteiger partial charge on any atom is -0.453 e. The number of fused-ring (bicyclic) bond motifs is 1. The van der Waals surface area contributed by atoms with Gasteiger partial charge >= 0.3 is 5.97 Å². The van der Waals surface area contributed by atoms with Crippen LogP contribution in [-0.4, -0.2) is 50.3 Å². The van der Waals surface area contributed by atoms with Crippen LogP contribution in [0.15, 0.2) is 30.5 Å². The normalized spacial score (nSPS) is 13.3. The van der Waals surface area contributed by atoms with Crippen LogP contribution in [0.25, 0.3) is 0 Å². The molecule has 0 aliphatic carbocycles. The SMILES string of the molecule is CC(=O)c1c[nH]c(C(=O)OCC(=O)c2ccc3c(c2)CCN3S(C)(=O)=O)c1. The second-order valence-corrected chi connectivity index (χ2v) is 8.19. The van der Waals surface area contributed by atoms with E-state index in [9.17, 15) is 22.8 Å². The smallest absolute Gasteiger partial charge is 0.355 e. The quantitative estimate of drug-likeness (QED) is 0.592. The van der Waals surface area contributed by atoms with Crippen molar-refractivity contribution < 1.29 is 27.5 Å². The zero-order chi connectivity index (χ0) is 19.8. The highest BCUT2D eigenvalue weighted by Crippen LogP contribution is 2.30. The molecule has 0 atom stereocenters. The Labute approximate surface area is 156 Å². The van der Waals surface area contributed by atoms with Crippen molar-refractivity contribution in [1.82, 2.24) is 4.98 Å². The zero-order valence-corrected chi connectivity index (χ0v) is 15.6. The molecule has 9 heteroatoms. The van der Waals surface area contributed by atoms with Crippen LogP contribution in [0.4, 0.5) is 5.69 Å². The van der Waals surface area contributed by atoms with E-state index >= 15 is 0 Å². The summed E-state index contributed by atoms with van der Waals surface area (Å²) in [6, 6.07) is 6.09. The summed E-state index contributed by atoms with van der Waals surface area (Å²) in [5, 5.41) is 0. The number of aromatic amines is 1. The Bertz CT molecular complexity index is 1040. The summed E-state index contributed by atoms with van der Waals surface area (Å²) in [6.45, 7) is 1.26. The number of nitrogens with zero attached hydrogens (tertiary/aromatic N) is 1. The van der Waals surface area contributed by atoms with Crippen LogP contribution in [0.1, 0.15) is 43.7 Å². The van der Waals surface area contributed by atoms with Gasteiger partial charge in [0, 0.05) is 23.9 Å². The average Bonchev–Trinajstić information content (AvgIpc) is 3.25. The van der Waals surface area contributed by atoms with Crippen LogP contribution in [0.2, 0.25) is 0 Å². The second kappa shape index (κ2) is 6.99. The Kier molecular flexibility index (Phi) is 4.88. The third kappa shape index (κ3) is 3.92. The number of sulfonamides is 1. The maximum absolute atomic E-state index is 12.3. The number of hydrogen-bond donors (Lipinski definition) is 1. The van der Waals surface area contributed by atoms with Gasteiger partial charge in [0.15, 0.2) is 18.2 Å². The van der Waals surface area contributed by atoms with Crippen LogP contribution in [-0.2, 0) is 21.2 Å². The fourth-order valence-corrected chi connectivity index (χ4v) is 3.86.